The van der Waals surface area contributed by atoms with Crippen LogP contribution in [0.25, 0.3) is 0 Å². The van der Waals surface area contributed by atoms with Gasteiger partial charge in [-0.25, -0.2) is 0 Å². The van der Waals surface area contributed by atoms with Gasteiger partial charge in [-0.1, -0.05) is 12.1 Å². The molecule has 0 amide bonds. The van der Waals surface area contributed by atoms with Gasteiger partial charge in [-0.3, -0.25) is 0 Å². The number of hydrogen-bond donors (Lipinski definition) is 0. The molecule has 2 aromatic carbocycles. The predicted molar refractivity (Wildman–Crippen MR) is 61.8 cm³/mol. The molecule has 21 heavy (non-hydrogen) atoms. The molecule has 0 bridgehead atoms. The second-order valence-corrected chi connectivity index (χ2v) is 4.08. The summed E-state index contributed by atoms with van der Waals surface area (Å²) >= 11 is 0. The number of alkyl halides is 6. The first kappa shape index (κ1) is 15.2. The fraction of sp³-hybridized carbons (Fsp3) is 0.143. The summed E-state index contributed by atoms with van der Waals surface area (Å²) in [6.07, 6.45) is -9.80. The van der Waals surface area contributed by atoms with E-state index in [1.165, 1.54) is 24.3 Å². The Morgan fingerprint density at radius 3 is 1.62 bits per heavy atom. The van der Waals surface area contributed by atoms with E-state index >= 15 is 0 Å². The molecular weight excluding hydrogens is 298 g/mol. The van der Waals surface area contributed by atoms with Gasteiger partial charge in [0, 0.05) is 0 Å². The van der Waals surface area contributed by atoms with Gasteiger partial charge >= 0.3 is 12.4 Å². The minimum Gasteiger partial charge on any atom is -0.457 e. The van der Waals surface area contributed by atoms with Gasteiger partial charge in [0.05, 0.1) is 11.1 Å². The topological polar surface area (TPSA) is 9.23 Å². The molecular formula is C14H7F6O. The summed E-state index contributed by atoms with van der Waals surface area (Å²) in [5, 5.41) is 0. The molecule has 111 valence electrons. The van der Waals surface area contributed by atoms with E-state index in [4.69, 9.17) is 4.74 Å². The predicted octanol–water partition coefficient (Wildman–Crippen LogP) is 5.32. The lowest BCUT2D eigenvalue weighted by Crippen LogP contribution is -2.11. The van der Waals surface area contributed by atoms with Crippen LogP contribution in [0.2, 0.25) is 0 Å². The average Bonchev–Trinajstić information content (AvgIpc) is 2.37. The first-order chi connectivity index (χ1) is 9.66. The zero-order chi connectivity index (χ0) is 15.7. The molecule has 0 saturated carbocycles. The second kappa shape index (κ2) is 5.31. The number of benzene rings is 2. The highest BCUT2D eigenvalue weighted by molar-refractivity contribution is 5.40. The zero-order valence-electron chi connectivity index (χ0n) is 10.2. The maximum absolute atomic E-state index is 12.6. The quantitative estimate of drug-likeness (QED) is 0.683. The smallest absolute Gasteiger partial charge is 0.416 e. The van der Waals surface area contributed by atoms with Crippen LogP contribution in [0.1, 0.15) is 11.1 Å². The molecule has 0 fully saturated rings. The molecule has 0 spiro atoms. The van der Waals surface area contributed by atoms with Crippen molar-refractivity contribution < 1.29 is 31.1 Å². The van der Waals surface area contributed by atoms with Crippen LogP contribution in [0.3, 0.4) is 0 Å². The van der Waals surface area contributed by atoms with Gasteiger partial charge in [0.1, 0.15) is 11.5 Å². The van der Waals surface area contributed by atoms with E-state index in [-0.39, 0.29) is 11.8 Å². The fourth-order valence-corrected chi connectivity index (χ4v) is 1.56. The van der Waals surface area contributed by atoms with E-state index in [0.29, 0.717) is 12.1 Å². The largest absolute Gasteiger partial charge is 0.457 e. The van der Waals surface area contributed by atoms with Crippen LogP contribution >= 0.6 is 0 Å². The van der Waals surface area contributed by atoms with Gasteiger partial charge in [-0.2, -0.15) is 26.3 Å². The third-order valence-electron chi connectivity index (χ3n) is 2.48. The van der Waals surface area contributed by atoms with Gasteiger partial charge in [-0.15, -0.1) is 0 Å². The molecule has 0 aliphatic heterocycles. The van der Waals surface area contributed by atoms with Crippen LogP contribution in [0, 0.1) is 6.07 Å². The van der Waals surface area contributed by atoms with Crippen molar-refractivity contribution in [3.63, 3.8) is 0 Å². The van der Waals surface area contributed by atoms with Crippen molar-refractivity contribution in [3.05, 3.63) is 59.7 Å². The van der Waals surface area contributed by atoms with Crippen molar-refractivity contribution in [1.29, 1.82) is 0 Å². The molecule has 0 atom stereocenters. The molecule has 0 unspecified atom stereocenters. The van der Waals surface area contributed by atoms with Crippen LogP contribution < -0.4 is 4.74 Å². The summed E-state index contributed by atoms with van der Waals surface area (Å²) < 4.78 is 80.9. The molecule has 1 radical (unpaired) electrons. The molecule has 0 heterocycles. The van der Waals surface area contributed by atoms with Crippen molar-refractivity contribution in [2.45, 2.75) is 12.4 Å². The Balaban J connectivity index is 2.45. The zero-order valence-corrected chi connectivity index (χ0v) is 10.2. The standard InChI is InChI=1S/C14H7F6O/c15-13(16,17)9-6-10(14(18,19)20)8-12(7-9)21-11-4-2-1-3-5-11/h2-8H. The second-order valence-electron chi connectivity index (χ2n) is 4.08. The van der Waals surface area contributed by atoms with Crippen molar-refractivity contribution in [2.75, 3.05) is 0 Å². The Hall–Kier alpha value is -2.18. The first-order valence-corrected chi connectivity index (χ1v) is 5.60. The summed E-state index contributed by atoms with van der Waals surface area (Å²) in [7, 11) is 0. The molecule has 0 aromatic heterocycles. The summed E-state index contributed by atoms with van der Waals surface area (Å²) in [6, 6.07) is 9.32. The average molecular weight is 305 g/mol. The maximum atomic E-state index is 12.6. The number of halogens is 6. The molecule has 0 saturated heterocycles. The Bertz CT molecular complexity index is 583. The Labute approximate surface area is 115 Å². The lowest BCUT2D eigenvalue weighted by Gasteiger charge is -2.14. The van der Waals surface area contributed by atoms with E-state index in [2.05, 4.69) is 6.07 Å². The monoisotopic (exact) mass is 305 g/mol. The maximum Gasteiger partial charge on any atom is 0.416 e. The SMILES string of the molecule is FC(F)(F)c1cc(Oc2cc[c]cc2)cc(C(F)(F)F)c1. The van der Waals surface area contributed by atoms with Crippen molar-refractivity contribution >= 4 is 0 Å². The Morgan fingerprint density at radius 2 is 1.19 bits per heavy atom. The summed E-state index contributed by atoms with van der Waals surface area (Å²) in [5.74, 6) is -0.426. The van der Waals surface area contributed by atoms with Crippen molar-refractivity contribution in [2.24, 2.45) is 0 Å². The van der Waals surface area contributed by atoms with E-state index in [1.807, 2.05) is 0 Å². The van der Waals surface area contributed by atoms with Gasteiger partial charge in [-0.05, 0) is 36.4 Å². The van der Waals surface area contributed by atoms with Crippen LogP contribution in [-0.2, 0) is 12.4 Å². The van der Waals surface area contributed by atoms with E-state index in [1.54, 1.807) is 0 Å². The van der Waals surface area contributed by atoms with Crippen LogP contribution in [-0.4, -0.2) is 0 Å². The minimum atomic E-state index is -4.90. The Kier molecular flexibility index (Phi) is 3.85. The number of rotatable bonds is 2. The Morgan fingerprint density at radius 1 is 0.714 bits per heavy atom. The van der Waals surface area contributed by atoms with E-state index < -0.39 is 29.2 Å². The summed E-state index contributed by atoms with van der Waals surface area (Å²) in [4.78, 5) is 0. The van der Waals surface area contributed by atoms with Gasteiger partial charge in [0.15, 0.2) is 0 Å². The minimum absolute atomic E-state index is 0.0473. The van der Waals surface area contributed by atoms with Crippen molar-refractivity contribution in [3.8, 4) is 11.5 Å². The lowest BCUT2D eigenvalue weighted by atomic mass is 10.1. The third kappa shape index (κ3) is 3.90. The van der Waals surface area contributed by atoms with E-state index in [9.17, 15) is 26.3 Å². The van der Waals surface area contributed by atoms with Gasteiger partial charge in [0.2, 0.25) is 0 Å². The highest BCUT2D eigenvalue weighted by Gasteiger charge is 2.37. The van der Waals surface area contributed by atoms with E-state index in [0.717, 1.165) is 0 Å². The highest BCUT2D eigenvalue weighted by Crippen LogP contribution is 2.39. The third-order valence-corrected chi connectivity index (χ3v) is 2.48. The molecule has 2 rings (SSSR count). The van der Waals surface area contributed by atoms with Crippen LogP contribution in [0.4, 0.5) is 26.3 Å². The lowest BCUT2D eigenvalue weighted by molar-refractivity contribution is -0.143. The van der Waals surface area contributed by atoms with Gasteiger partial charge in [0.25, 0.3) is 0 Å². The first-order valence-electron chi connectivity index (χ1n) is 5.60. The fourth-order valence-electron chi connectivity index (χ4n) is 1.56. The van der Waals surface area contributed by atoms with Gasteiger partial charge < -0.3 is 4.74 Å². The molecule has 2 aromatic rings. The molecule has 1 nitrogen and oxygen atoms in total. The summed E-state index contributed by atoms with van der Waals surface area (Å²) in [5.41, 5.74) is -2.84. The van der Waals surface area contributed by atoms with Crippen LogP contribution in [0.15, 0.2) is 42.5 Å². The highest BCUT2D eigenvalue weighted by atomic mass is 19.4. The number of hydrogen-bond acceptors (Lipinski definition) is 1. The van der Waals surface area contributed by atoms with Crippen molar-refractivity contribution in [1.82, 2.24) is 0 Å². The molecule has 0 aliphatic carbocycles. The molecule has 0 N–H and O–H groups in total. The molecule has 0 aliphatic rings. The molecule has 7 heteroatoms. The van der Waals surface area contributed by atoms with Crippen LogP contribution in [0.5, 0.6) is 11.5 Å². The summed E-state index contributed by atoms with van der Waals surface area (Å²) in [6.45, 7) is 0. The number of ether oxygens (including phenoxy) is 1. The normalized spacial score (nSPS) is 12.3.